The quantitative estimate of drug-likeness (QED) is 0.800. The van der Waals surface area contributed by atoms with Crippen molar-refractivity contribution in [3.8, 4) is 5.88 Å². The van der Waals surface area contributed by atoms with Crippen LogP contribution in [-0.4, -0.2) is 33.1 Å². The molecule has 2 rings (SSSR count). The van der Waals surface area contributed by atoms with Gasteiger partial charge >= 0.3 is 0 Å². The van der Waals surface area contributed by atoms with Gasteiger partial charge in [0, 0.05) is 6.54 Å². The molecule has 2 aromatic heterocycles. The first kappa shape index (κ1) is 11.6. The molecule has 6 heteroatoms. The number of aromatic amines is 1. The summed E-state index contributed by atoms with van der Waals surface area (Å²) in [6, 6.07) is 0. The average molecular weight is 235 g/mol. The van der Waals surface area contributed by atoms with E-state index in [1.807, 2.05) is 0 Å². The van der Waals surface area contributed by atoms with Crippen molar-refractivity contribution < 1.29 is 4.74 Å². The van der Waals surface area contributed by atoms with Crippen LogP contribution >= 0.6 is 0 Å². The molecule has 0 aliphatic carbocycles. The summed E-state index contributed by atoms with van der Waals surface area (Å²) in [7, 11) is 0. The van der Waals surface area contributed by atoms with Gasteiger partial charge in [-0.1, -0.05) is 13.8 Å². The molecule has 0 saturated carbocycles. The van der Waals surface area contributed by atoms with Crippen LogP contribution in [0, 0.1) is 0 Å². The smallest absolute Gasteiger partial charge is 0.245 e. The molecule has 0 unspecified atom stereocenters. The Morgan fingerprint density at radius 1 is 1.29 bits per heavy atom. The second-order valence-corrected chi connectivity index (χ2v) is 3.73. The van der Waals surface area contributed by atoms with Crippen LogP contribution in [0.4, 0.5) is 5.95 Å². The Bertz CT molecular complexity index is 482. The number of hydrogen-bond acceptors (Lipinski definition) is 5. The summed E-state index contributed by atoms with van der Waals surface area (Å²) < 4.78 is 5.59. The van der Waals surface area contributed by atoms with Gasteiger partial charge in [-0.15, -0.1) is 0 Å². The third-order valence-corrected chi connectivity index (χ3v) is 2.23. The minimum absolute atomic E-state index is 0.563. The first-order valence-electron chi connectivity index (χ1n) is 5.93. The SMILES string of the molecule is CCCNc1nc(OCCC)c2[nH]cnc2n1. The third kappa shape index (κ3) is 2.64. The zero-order chi connectivity index (χ0) is 12.1. The maximum Gasteiger partial charge on any atom is 0.245 e. The summed E-state index contributed by atoms with van der Waals surface area (Å²) in [5.74, 6) is 1.13. The molecule has 0 aromatic carbocycles. The molecule has 0 aliphatic heterocycles. The second kappa shape index (κ2) is 5.47. The number of anilines is 1. The van der Waals surface area contributed by atoms with Crippen molar-refractivity contribution in [2.24, 2.45) is 0 Å². The van der Waals surface area contributed by atoms with E-state index in [4.69, 9.17) is 4.74 Å². The van der Waals surface area contributed by atoms with E-state index in [0.29, 0.717) is 24.1 Å². The lowest BCUT2D eigenvalue weighted by Crippen LogP contribution is -2.07. The zero-order valence-electron chi connectivity index (χ0n) is 10.2. The number of fused-ring (bicyclic) bond motifs is 1. The lowest BCUT2D eigenvalue weighted by atomic mass is 10.5. The first-order valence-corrected chi connectivity index (χ1v) is 5.93. The largest absolute Gasteiger partial charge is 0.476 e. The average Bonchev–Trinajstić information content (AvgIpc) is 2.81. The van der Waals surface area contributed by atoms with E-state index < -0.39 is 0 Å². The molecule has 0 spiro atoms. The van der Waals surface area contributed by atoms with E-state index in [1.165, 1.54) is 0 Å². The van der Waals surface area contributed by atoms with Crippen molar-refractivity contribution >= 4 is 17.1 Å². The van der Waals surface area contributed by atoms with Crippen molar-refractivity contribution in [3.63, 3.8) is 0 Å². The maximum absolute atomic E-state index is 5.59. The standard InChI is InChI=1S/C11H17N5O/c1-3-5-12-11-15-9-8(13-7-14-9)10(16-11)17-6-4-2/h7H,3-6H2,1-2H3,(H2,12,13,14,15,16). The maximum atomic E-state index is 5.59. The summed E-state index contributed by atoms with van der Waals surface area (Å²) in [4.78, 5) is 15.8. The van der Waals surface area contributed by atoms with Gasteiger partial charge in [-0.25, -0.2) is 4.98 Å². The molecular formula is C11H17N5O. The minimum atomic E-state index is 0.563. The van der Waals surface area contributed by atoms with E-state index in [0.717, 1.165) is 24.9 Å². The Kier molecular flexibility index (Phi) is 3.74. The lowest BCUT2D eigenvalue weighted by Gasteiger charge is -2.07. The molecule has 0 radical (unpaired) electrons. The highest BCUT2D eigenvalue weighted by atomic mass is 16.5. The van der Waals surface area contributed by atoms with Crippen LogP contribution in [0.15, 0.2) is 6.33 Å². The van der Waals surface area contributed by atoms with Crippen LogP contribution in [0.1, 0.15) is 26.7 Å². The van der Waals surface area contributed by atoms with Crippen LogP contribution in [0.25, 0.3) is 11.2 Å². The van der Waals surface area contributed by atoms with Gasteiger partial charge in [0.25, 0.3) is 0 Å². The molecule has 0 saturated heterocycles. The van der Waals surface area contributed by atoms with Gasteiger partial charge in [0.15, 0.2) is 5.65 Å². The molecule has 0 atom stereocenters. The van der Waals surface area contributed by atoms with E-state index in [9.17, 15) is 0 Å². The van der Waals surface area contributed by atoms with Crippen LogP contribution in [0.3, 0.4) is 0 Å². The lowest BCUT2D eigenvalue weighted by molar-refractivity contribution is 0.309. The summed E-state index contributed by atoms with van der Waals surface area (Å²) in [5, 5.41) is 3.14. The fourth-order valence-electron chi connectivity index (χ4n) is 1.43. The predicted octanol–water partition coefficient (Wildman–Crippen LogP) is 1.96. The van der Waals surface area contributed by atoms with Crippen LogP contribution in [-0.2, 0) is 0 Å². The number of nitrogens with zero attached hydrogens (tertiary/aromatic N) is 3. The van der Waals surface area contributed by atoms with Gasteiger partial charge in [0.1, 0.15) is 5.52 Å². The Balaban J connectivity index is 2.29. The molecule has 0 aliphatic rings. The molecule has 2 N–H and O–H groups in total. The highest BCUT2D eigenvalue weighted by Gasteiger charge is 2.10. The zero-order valence-corrected chi connectivity index (χ0v) is 10.2. The van der Waals surface area contributed by atoms with E-state index in [-0.39, 0.29) is 0 Å². The highest BCUT2D eigenvalue weighted by molar-refractivity contribution is 5.76. The molecule has 0 fully saturated rings. The highest BCUT2D eigenvalue weighted by Crippen LogP contribution is 2.20. The molecule has 2 heterocycles. The third-order valence-electron chi connectivity index (χ3n) is 2.23. The topological polar surface area (TPSA) is 75.7 Å². The predicted molar refractivity (Wildman–Crippen MR) is 66.3 cm³/mol. The van der Waals surface area contributed by atoms with E-state index >= 15 is 0 Å². The van der Waals surface area contributed by atoms with Gasteiger partial charge in [-0.05, 0) is 12.8 Å². The molecular weight excluding hydrogens is 218 g/mol. The number of hydrogen-bond donors (Lipinski definition) is 2. The fraction of sp³-hybridized carbons (Fsp3) is 0.545. The molecule has 0 amide bonds. The number of H-pyrrole nitrogens is 1. The number of aromatic nitrogens is 4. The first-order chi connectivity index (χ1) is 8.35. The summed E-state index contributed by atoms with van der Waals surface area (Å²) in [5.41, 5.74) is 1.38. The van der Waals surface area contributed by atoms with Crippen molar-refractivity contribution in [1.82, 2.24) is 19.9 Å². The van der Waals surface area contributed by atoms with Crippen LogP contribution < -0.4 is 10.1 Å². The second-order valence-electron chi connectivity index (χ2n) is 3.73. The minimum Gasteiger partial charge on any atom is -0.476 e. The Labute approximate surface area is 99.8 Å². The Hall–Kier alpha value is -1.85. The van der Waals surface area contributed by atoms with Gasteiger partial charge in [0.2, 0.25) is 11.8 Å². The van der Waals surface area contributed by atoms with Gasteiger partial charge in [-0.2, -0.15) is 9.97 Å². The number of imidazole rings is 1. The normalized spacial score (nSPS) is 10.7. The Morgan fingerprint density at radius 3 is 2.94 bits per heavy atom. The van der Waals surface area contributed by atoms with Crippen LogP contribution in [0.5, 0.6) is 5.88 Å². The fourth-order valence-corrected chi connectivity index (χ4v) is 1.43. The molecule has 2 aromatic rings. The van der Waals surface area contributed by atoms with Crippen molar-refractivity contribution in [2.75, 3.05) is 18.5 Å². The molecule has 92 valence electrons. The van der Waals surface area contributed by atoms with E-state index in [1.54, 1.807) is 6.33 Å². The van der Waals surface area contributed by atoms with Gasteiger partial charge in [0.05, 0.1) is 12.9 Å². The monoisotopic (exact) mass is 235 g/mol. The summed E-state index contributed by atoms with van der Waals surface area (Å²) in [6.07, 6.45) is 3.56. The molecule has 0 bridgehead atoms. The number of nitrogens with one attached hydrogen (secondary N) is 2. The van der Waals surface area contributed by atoms with Gasteiger partial charge < -0.3 is 15.0 Å². The Morgan fingerprint density at radius 2 is 2.18 bits per heavy atom. The van der Waals surface area contributed by atoms with E-state index in [2.05, 4.69) is 39.1 Å². The van der Waals surface area contributed by atoms with Crippen molar-refractivity contribution in [1.29, 1.82) is 0 Å². The molecule has 17 heavy (non-hydrogen) atoms. The van der Waals surface area contributed by atoms with Gasteiger partial charge in [-0.3, -0.25) is 0 Å². The summed E-state index contributed by atoms with van der Waals surface area (Å²) >= 11 is 0. The van der Waals surface area contributed by atoms with Crippen molar-refractivity contribution in [3.05, 3.63) is 6.33 Å². The molecule has 6 nitrogen and oxygen atoms in total. The number of ether oxygens (including phenoxy) is 1. The summed E-state index contributed by atoms with van der Waals surface area (Å²) in [6.45, 7) is 5.62. The van der Waals surface area contributed by atoms with Crippen molar-refractivity contribution in [2.45, 2.75) is 26.7 Å². The number of rotatable bonds is 6. The van der Waals surface area contributed by atoms with Crippen LogP contribution in [0.2, 0.25) is 0 Å².